The third-order valence-corrected chi connectivity index (χ3v) is 4.86. The molecule has 116 valence electrons. The highest BCUT2D eigenvalue weighted by Gasteiger charge is 2.18. The number of hydrogen-bond acceptors (Lipinski definition) is 4. The fourth-order valence-electron chi connectivity index (χ4n) is 2.78. The first-order valence-corrected chi connectivity index (χ1v) is 8.42. The fourth-order valence-corrected chi connectivity index (χ4v) is 3.58. The van der Waals surface area contributed by atoms with E-state index in [-0.39, 0.29) is 17.4 Å². The summed E-state index contributed by atoms with van der Waals surface area (Å²) in [6.07, 6.45) is 6.87. The quantitative estimate of drug-likeness (QED) is 0.880. The van der Waals surface area contributed by atoms with Crippen molar-refractivity contribution in [1.29, 1.82) is 0 Å². The molecule has 0 aliphatic heterocycles. The molecule has 1 aliphatic carbocycles. The van der Waals surface area contributed by atoms with E-state index < -0.39 is 0 Å². The average Bonchev–Trinajstić information content (AvgIpc) is 2.99. The molecule has 6 heteroatoms. The summed E-state index contributed by atoms with van der Waals surface area (Å²) in [6, 6.07) is 1.80. The molecule has 1 aliphatic rings. The van der Waals surface area contributed by atoms with Crippen LogP contribution in [0.1, 0.15) is 25.1 Å². The van der Waals surface area contributed by atoms with E-state index in [1.54, 1.807) is 10.6 Å². The highest BCUT2D eigenvalue weighted by molar-refractivity contribution is 7.16. The van der Waals surface area contributed by atoms with E-state index in [1.807, 2.05) is 12.3 Å². The van der Waals surface area contributed by atoms with Gasteiger partial charge in [0.2, 0.25) is 5.91 Å². The van der Waals surface area contributed by atoms with E-state index in [2.05, 4.69) is 22.5 Å². The van der Waals surface area contributed by atoms with Crippen LogP contribution >= 0.6 is 11.3 Å². The maximum atomic E-state index is 12.4. The van der Waals surface area contributed by atoms with Gasteiger partial charge in [0.1, 0.15) is 10.7 Å². The number of amides is 1. The molecule has 3 rings (SSSR count). The average molecular weight is 317 g/mol. The zero-order chi connectivity index (χ0) is 15.5. The molecule has 0 fully saturated rings. The molecular formula is C16H19N3O2S. The first kappa shape index (κ1) is 15.0. The van der Waals surface area contributed by atoms with Crippen LogP contribution in [-0.2, 0) is 11.3 Å². The Labute approximate surface area is 132 Å². The molecule has 0 bridgehead atoms. The molecule has 5 nitrogen and oxygen atoms in total. The van der Waals surface area contributed by atoms with Gasteiger partial charge in [-0.3, -0.25) is 14.2 Å². The Balaban J connectivity index is 1.65. The smallest absolute Gasteiger partial charge is 0.262 e. The van der Waals surface area contributed by atoms with Crippen LogP contribution in [0.5, 0.6) is 0 Å². The number of nitrogens with one attached hydrogen (secondary N) is 1. The Morgan fingerprint density at radius 2 is 2.36 bits per heavy atom. The highest BCUT2D eigenvalue weighted by Crippen LogP contribution is 2.18. The van der Waals surface area contributed by atoms with Crippen molar-refractivity contribution < 1.29 is 4.79 Å². The van der Waals surface area contributed by atoms with Crippen LogP contribution in [0.2, 0.25) is 0 Å². The summed E-state index contributed by atoms with van der Waals surface area (Å²) in [4.78, 5) is 29.7. The number of fused-ring (bicyclic) bond motifs is 1. The standard InChI is InChI=1S/C16H19N3O2S/c1-11-18-15-13(7-10-22-15)16(21)19(11)9-8-17-14(20)12-5-3-2-4-6-12/h2-3,7,10,12H,4-6,8-9H2,1H3,(H,17,20)/t12-/m0/s1. The third kappa shape index (κ3) is 2.97. The first-order chi connectivity index (χ1) is 10.7. The van der Waals surface area contributed by atoms with E-state index in [1.165, 1.54) is 11.3 Å². The summed E-state index contributed by atoms with van der Waals surface area (Å²) >= 11 is 1.47. The van der Waals surface area contributed by atoms with Crippen molar-refractivity contribution in [3.63, 3.8) is 0 Å². The summed E-state index contributed by atoms with van der Waals surface area (Å²) in [5.41, 5.74) is -0.0291. The van der Waals surface area contributed by atoms with Gasteiger partial charge in [-0.25, -0.2) is 4.98 Å². The van der Waals surface area contributed by atoms with Gasteiger partial charge in [-0.1, -0.05) is 12.2 Å². The molecule has 2 heterocycles. The third-order valence-electron chi connectivity index (χ3n) is 4.05. The van der Waals surface area contributed by atoms with Crippen molar-refractivity contribution >= 4 is 27.5 Å². The predicted octanol–water partition coefficient (Wildman–Crippen LogP) is 2.24. The molecule has 1 atom stereocenters. The Hall–Kier alpha value is -1.95. The second-order valence-corrected chi connectivity index (χ2v) is 6.42. The van der Waals surface area contributed by atoms with E-state index >= 15 is 0 Å². The predicted molar refractivity (Wildman–Crippen MR) is 88.1 cm³/mol. The number of aryl methyl sites for hydroxylation is 1. The van der Waals surface area contributed by atoms with Crippen molar-refractivity contribution in [2.45, 2.75) is 32.7 Å². The SMILES string of the molecule is Cc1nc2sccc2c(=O)n1CCNC(=O)[C@H]1CC=CCC1. The number of nitrogens with zero attached hydrogens (tertiary/aromatic N) is 2. The molecule has 0 unspecified atom stereocenters. The maximum absolute atomic E-state index is 12.4. The van der Waals surface area contributed by atoms with Gasteiger partial charge >= 0.3 is 0 Å². The Kier molecular flexibility index (Phi) is 4.38. The fraction of sp³-hybridized carbons (Fsp3) is 0.438. The lowest BCUT2D eigenvalue weighted by Gasteiger charge is -2.17. The van der Waals surface area contributed by atoms with Gasteiger partial charge in [0.15, 0.2) is 0 Å². The van der Waals surface area contributed by atoms with E-state index in [0.717, 1.165) is 24.1 Å². The summed E-state index contributed by atoms with van der Waals surface area (Å²) in [7, 11) is 0. The second kappa shape index (κ2) is 6.44. The van der Waals surface area contributed by atoms with Crippen molar-refractivity contribution in [1.82, 2.24) is 14.9 Å². The molecule has 1 amide bonds. The first-order valence-electron chi connectivity index (χ1n) is 7.54. The number of thiophene rings is 1. The molecule has 1 N–H and O–H groups in total. The second-order valence-electron chi connectivity index (χ2n) is 5.53. The van der Waals surface area contributed by atoms with Crippen LogP contribution in [0, 0.1) is 12.8 Å². The lowest BCUT2D eigenvalue weighted by molar-refractivity contribution is -0.125. The van der Waals surface area contributed by atoms with E-state index in [0.29, 0.717) is 24.3 Å². The van der Waals surface area contributed by atoms with E-state index in [9.17, 15) is 9.59 Å². The van der Waals surface area contributed by atoms with Crippen LogP contribution in [-0.4, -0.2) is 22.0 Å². The van der Waals surface area contributed by atoms with Gasteiger partial charge in [0.25, 0.3) is 5.56 Å². The number of rotatable bonds is 4. The zero-order valence-corrected chi connectivity index (χ0v) is 13.4. The molecule has 0 radical (unpaired) electrons. The minimum absolute atomic E-state index is 0.0291. The Morgan fingerprint density at radius 3 is 3.14 bits per heavy atom. The lowest BCUT2D eigenvalue weighted by atomic mass is 9.94. The van der Waals surface area contributed by atoms with Crippen LogP contribution in [0.25, 0.3) is 10.2 Å². The van der Waals surface area contributed by atoms with Crippen molar-refractivity contribution in [3.05, 3.63) is 39.8 Å². The van der Waals surface area contributed by atoms with Gasteiger partial charge in [-0.05, 0) is 37.6 Å². The largest absolute Gasteiger partial charge is 0.354 e. The lowest BCUT2D eigenvalue weighted by Crippen LogP contribution is -2.35. The molecule has 0 aromatic carbocycles. The molecule has 0 spiro atoms. The number of aromatic nitrogens is 2. The van der Waals surface area contributed by atoms with Gasteiger partial charge in [0.05, 0.1) is 5.39 Å². The maximum Gasteiger partial charge on any atom is 0.262 e. The van der Waals surface area contributed by atoms with Crippen LogP contribution in [0.3, 0.4) is 0 Å². The van der Waals surface area contributed by atoms with E-state index in [4.69, 9.17) is 0 Å². The summed E-state index contributed by atoms with van der Waals surface area (Å²) in [6.45, 7) is 2.74. The number of carbonyl (C=O) groups is 1. The summed E-state index contributed by atoms with van der Waals surface area (Å²) in [5, 5.41) is 5.47. The van der Waals surface area contributed by atoms with Crippen LogP contribution in [0.15, 0.2) is 28.4 Å². The van der Waals surface area contributed by atoms with Crippen LogP contribution in [0.4, 0.5) is 0 Å². The van der Waals surface area contributed by atoms with Crippen molar-refractivity contribution in [3.8, 4) is 0 Å². The van der Waals surface area contributed by atoms with Gasteiger partial charge in [-0.2, -0.15) is 0 Å². The monoisotopic (exact) mass is 317 g/mol. The number of carbonyl (C=O) groups excluding carboxylic acids is 1. The molecule has 2 aromatic heterocycles. The molecule has 0 saturated carbocycles. The Morgan fingerprint density at radius 1 is 1.50 bits per heavy atom. The minimum atomic E-state index is -0.0291. The van der Waals surface area contributed by atoms with Gasteiger partial charge in [-0.15, -0.1) is 11.3 Å². The van der Waals surface area contributed by atoms with Gasteiger partial charge in [0, 0.05) is 19.0 Å². The normalized spacial score (nSPS) is 17.8. The van der Waals surface area contributed by atoms with Crippen molar-refractivity contribution in [2.75, 3.05) is 6.54 Å². The Bertz CT molecular complexity index is 775. The highest BCUT2D eigenvalue weighted by atomic mass is 32.1. The summed E-state index contributed by atoms with van der Waals surface area (Å²) < 4.78 is 1.64. The number of hydrogen-bond donors (Lipinski definition) is 1. The molecule has 0 saturated heterocycles. The minimum Gasteiger partial charge on any atom is -0.354 e. The number of allylic oxidation sites excluding steroid dienone is 2. The van der Waals surface area contributed by atoms with Crippen LogP contribution < -0.4 is 10.9 Å². The molecule has 2 aromatic rings. The topological polar surface area (TPSA) is 64.0 Å². The molecular weight excluding hydrogens is 298 g/mol. The molecule has 22 heavy (non-hydrogen) atoms. The summed E-state index contributed by atoms with van der Waals surface area (Å²) in [5.74, 6) is 0.842. The zero-order valence-electron chi connectivity index (χ0n) is 12.5. The van der Waals surface area contributed by atoms with Gasteiger partial charge < -0.3 is 5.32 Å². The van der Waals surface area contributed by atoms with Crippen molar-refractivity contribution in [2.24, 2.45) is 5.92 Å².